The van der Waals surface area contributed by atoms with Crippen LogP contribution >= 0.6 is 0 Å². The largest absolute Gasteiger partial charge is 0.243 e. The zero-order valence-corrected chi connectivity index (χ0v) is 18.6. The maximum atomic E-state index is 13.9. The van der Waals surface area contributed by atoms with Crippen molar-refractivity contribution in [3.8, 4) is 0 Å². The highest BCUT2D eigenvalue weighted by Gasteiger charge is 2.61. The third-order valence-corrected chi connectivity index (χ3v) is 9.90. The van der Waals surface area contributed by atoms with Crippen molar-refractivity contribution >= 4 is 10.0 Å². The van der Waals surface area contributed by atoms with E-state index in [-0.39, 0.29) is 11.5 Å². The number of rotatable bonds is 3. The van der Waals surface area contributed by atoms with Gasteiger partial charge in [0.15, 0.2) is 0 Å². The van der Waals surface area contributed by atoms with Gasteiger partial charge in [-0.1, -0.05) is 72.3 Å². The fourth-order valence-electron chi connectivity index (χ4n) is 6.64. The fourth-order valence-corrected chi connectivity index (χ4v) is 8.37. The number of fused-ring (bicyclic) bond motifs is 4. The zero-order valence-electron chi connectivity index (χ0n) is 17.7. The molecule has 0 amide bonds. The van der Waals surface area contributed by atoms with Gasteiger partial charge >= 0.3 is 0 Å². The first-order valence-electron chi connectivity index (χ1n) is 11.3. The molecular formula is C27H27NO2S. The van der Waals surface area contributed by atoms with Crippen LogP contribution in [-0.4, -0.2) is 25.3 Å². The highest BCUT2D eigenvalue weighted by atomic mass is 32.2. The molecule has 1 heterocycles. The summed E-state index contributed by atoms with van der Waals surface area (Å²) in [5, 5.41) is 0. The first kappa shape index (κ1) is 19.3. The first-order chi connectivity index (χ1) is 15.0. The van der Waals surface area contributed by atoms with Gasteiger partial charge < -0.3 is 0 Å². The highest BCUT2D eigenvalue weighted by molar-refractivity contribution is 7.89. The lowest BCUT2D eigenvalue weighted by molar-refractivity contribution is 0.200. The van der Waals surface area contributed by atoms with E-state index in [1.54, 1.807) is 12.1 Å². The van der Waals surface area contributed by atoms with Crippen LogP contribution in [0.25, 0.3) is 0 Å². The zero-order chi connectivity index (χ0) is 21.2. The minimum atomic E-state index is -3.57. The van der Waals surface area contributed by atoms with E-state index in [9.17, 15) is 8.42 Å². The van der Waals surface area contributed by atoms with Gasteiger partial charge in [0, 0.05) is 18.0 Å². The third-order valence-electron chi connectivity index (χ3n) is 8.02. The SMILES string of the molecule is Cc1ccc(S(=O)(=O)N2C[C@]3(c4ccccc4)c4ccccc4[C@@H]4CC[C@H]2[C@H]3C4)cc1. The molecule has 3 aliphatic rings. The molecule has 0 spiro atoms. The lowest BCUT2D eigenvalue weighted by atomic mass is 9.54. The molecule has 0 aromatic heterocycles. The Hall–Kier alpha value is -2.43. The Kier molecular flexibility index (Phi) is 4.22. The van der Waals surface area contributed by atoms with Gasteiger partial charge in [-0.2, -0.15) is 4.31 Å². The Balaban J connectivity index is 1.57. The van der Waals surface area contributed by atoms with Crippen molar-refractivity contribution < 1.29 is 8.42 Å². The summed E-state index contributed by atoms with van der Waals surface area (Å²) >= 11 is 0. The average Bonchev–Trinajstić information content (AvgIpc) is 3.19. The minimum Gasteiger partial charge on any atom is -0.207 e. The summed E-state index contributed by atoms with van der Waals surface area (Å²) in [7, 11) is -3.57. The second-order valence-electron chi connectivity index (χ2n) is 9.47. The van der Waals surface area contributed by atoms with E-state index in [2.05, 4.69) is 48.5 Å². The molecule has 2 fully saturated rings. The number of benzene rings is 3. The Morgan fingerprint density at radius 3 is 2.35 bits per heavy atom. The summed E-state index contributed by atoms with van der Waals surface area (Å²) in [6, 6.07) is 26.8. The van der Waals surface area contributed by atoms with E-state index in [4.69, 9.17) is 0 Å². The Labute approximate surface area is 184 Å². The molecule has 2 aliphatic carbocycles. The highest BCUT2D eigenvalue weighted by Crippen LogP contribution is 2.61. The fraction of sp³-hybridized carbons (Fsp3) is 0.333. The predicted molar refractivity (Wildman–Crippen MR) is 123 cm³/mol. The van der Waals surface area contributed by atoms with Crippen molar-refractivity contribution in [1.29, 1.82) is 0 Å². The lowest BCUT2D eigenvalue weighted by Crippen LogP contribution is -2.45. The Morgan fingerprint density at radius 1 is 0.871 bits per heavy atom. The van der Waals surface area contributed by atoms with Crippen molar-refractivity contribution in [3.05, 3.63) is 101 Å². The van der Waals surface area contributed by atoms with Gasteiger partial charge in [-0.15, -0.1) is 0 Å². The third kappa shape index (κ3) is 2.64. The van der Waals surface area contributed by atoms with Crippen LogP contribution in [0, 0.1) is 12.8 Å². The summed E-state index contributed by atoms with van der Waals surface area (Å²) in [6.45, 7) is 2.51. The number of nitrogens with zero attached hydrogens (tertiary/aromatic N) is 1. The normalized spacial score (nSPS) is 29.5. The molecule has 4 atom stereocenters. The van der Waals surface area contributed by atoms with Crippen molar-refractivity contribution in [2.24, 2.45) is 5.92 Å². The second kappa shape index (κ2) is 6.78. The molecule has 1 saturated carbocycles. The molecule has 3 aromatic carbocycles. The molecule has 4 heteroatoms. The first-order valence-corrected chi connectivity index (χ1v) is 12.7. The van der Waals surface area contributed by atoms with Crippen molar-refractivity contribution in [1.82, 2.24) is 4.31 Å². The number of hydrogen-bond donors (Lipinski definition) is 0. The van der Waals surface area contributed by atoms with E-state index in [0.29, 0.717) is 23.3 Å². The summed E-state index contributed by atoms with van der Waals surface area (Å²) in [4.78, 5) is 0.412. The number of sulfonamides is 1. The molecule has 0 N–H and O–H groups in total. The van der Waals surface area contributed by atoms with Gasteiger partial charge in [0.2, 0.25) is 10.0 Å². The van der Waals surface area contributed by atoms with Crippen molar-refractivity contribution in [2.75, 3.05) is 6.54 Å². The maximum absolute atomic E-state index is 13.9. The molecule has 3 aromatic rings. The summed E-state index contributed by atoms with van der Waals surface area (Å²) < 4.78 is 29.6. The quantitative estimate of drug-likeness (QED) is 0.570. The molecule has 2 bridgehead atoms. The molecule has 0 radical (unpaired) electrons. The van der Waals surface area contributed by atoms with Crippen LogP contribution in [0.5, 0.6) is 0 Å². The van der Waals surface area contributed by atoms with E-state index >= 15 is 0 Å². The summed E-state index contributed by atoms with van der Waals surface area (Å²) in [5.41, 5.74) is 4.81. The Bertz CT molecular complexity index is 1240. The topological polar surface area (TPSA) is 37.4 Å². The molecule has 31 heavy (non-hydrogen) atoms. The Morgan fingerprint density at radius 2 is 1.58 bits per heavy atom. The molecule has 158 valence electrons. The number of aryl methyl sites for hydroxylation is 1. The molecule has 6 rings (SSSR count). The van der Waals surface area contributed by atoms with Gasteiger partial charge in [0.1, 0.15) is 0 Å². The number of hydrogen-bond acceptors (Lipinski definition) is 2. The van der Waals surface area contributed by atoms with Crippen LogP contribution < -0.4 is 0 Å². The van der Waals surface area contributed by atoms with Crippen LogP contribution in [0.15, 0.2) is 83.8 Å². The van der Waals surface area contributed by atoms with Crippen LogP contribution in [0.3, 0.4) is 0 Å². The van der Waals surface area contributed by atoms with Crippen molar-refractivity contribution in [3.63, 3.8) is 0 Å². The summed E-state index contributed by atoms with van der Waals surface area (Å²) in [5.74, 6) is 0.847. The van der Waals surface area contributed by atoms with Crippen LogP contribution in [0.1, 0.15) is 47.4 Å². The van der Waals surface area contributed by atoms with Gasteiger partial charge in [-0.3, -0.25) is 0 Å². The van der Waals surface area contributed by atoms with Gasteiger partial charge in [0.25, 0.3) is 0 Å². The lowest BCUT2D eigenvalue weighted by Gasteiger charge is -2.48. The summed E-state index contributed by atoms with van der Waals surface area (Å²) in [6.07, 6.45) is 3.06. The molecular weight excluding hydrogens is 402 g/mol. The molecule has 3 nitrogen and oxygen atoms in total. The average molecular weight is 430 g/mol. The minimum absolute atomic E-state index is 0.0520. The van der Waals surface area contributed by atoms with E-state index in [1.165, 1.54) is 16.7 Å². The predicted octanol–water partition coefficient (Wildman–Crippen LogP) is 5.25. The molecule has 0 unspecified atom stereocenters. The molecule has 1 aliphatic heterocycles. The van der Waals surface area contributed by atoms with E-state index in [0.717, 1.165) is 24.8 Å². The smallest absolute Gasteiger partial charge is 0.207 e. The van der Waals surface area contributed by atoms with E-state index in [1.807, 2.05) is 29.4 Å². The monoisotopic (exact) mass is 429 g/mol. The van der Waals surface area contributed by atoms with Crippen LogP contribution in [0.2, 0.25) is 0 Å². The standard InChI is InChI=1S/C27H27NO2S/c1-19-11-14-22(15-12-19)31(29,30)28-18-27(21-7-3-2-4-8-21)24-10-6-5-9-23(24)20-13-16-26(28)25(27)17-20/h2-12,14-15,20,25-26H,13,16-18H2,1H3/t20-,25-,26+,27+/m1/s1. The van der Waals surface area contributed by atoms with Crippen LogP contribution in [0.4, 0.5) is 0 Å². The van der Waals surface area contributed by atoms with E-state index < -0.39 is 10.0 Å². The second-order valence-corrected chi connectivity index (χ2v) is 11.4. The molecule has 1 saturated heterocycles. The van der Waals surface area contributed by atoms with Gasteiger partial charge in [-0.25, -0.2) is 8.42 Å². The van der Waals surface area contributed by atoms with Crippen LogP contribution in [-0.2, 0) is 15.4 Å². The van der Waals surface area contributed by atoms with Crippen molar-refractivity contribution in [2.45, 2.75) is 48.5 Å². The van der Waals surface area contributed by atoms with Gasteiger partial charge in [-0.05, 0) is 66.8 Å². The maximum Gasteiger partial charge on any atom is 0.243 e. The van der Waals surface area contributed by atoms with Gasteiger partial charge in [0.05, 0.1) is 4.90 Å².